The van der Waals surface area contributed by atoms with Gasteiger partial charge in [0, 0.05) is 17.6 Å². The van der Waals surface area contributed by atoms with Gasteiger partial charge in [-0.1, -0.05) is 43.5 Å². The minimum Gasteiger partial charge on any atom is -0.423 e. The first-order chi connectivity index (χ1) is 15.6. The lowest BCUT2D eigenvalue weighted by Gasteiger charge is -2.11. The fourth-order valence-corrected chi connectivity index (χ4v) is 3.17. The molecule has 0 N–H and O–H groups in total. The van der Waals surface area contributed by atoms with E-state index in [0.29, 0.717) is 34.6 Å². The quantitative estimate of drug-likeness (QED) is 0.242. The summed E-state index contributed by atoms with van der Waals surface area (Å²) in [6.07, 6.45) is 0.398. The molecule has 33 heavy (non-hydrogen) atoms. The molecule has 0 atom stereocenters. The molecule has 0 aromatic heterocycles. The summed E-state index contributed by atoms with van der Waals surface area (Å²) in [6, 6.07) is 17.3. The van der Waals surface area contributed by atoms with Crippen LogP contribution in [-0.2, 0) is 16.0 Å². The van der Waals surface area contributed by atoms with Gasteiger partial charge in [-0.3, -0.25) is 0 Å². The topological polar surface area (TPSA) is 52.6 Å². The van der Waals surface area contributed by atoms with Gasteiger partial charge in [-0.05, 0) is 78.9 Å². The third-order valence-corrected chi connectivity index (χ3v) is 5.00. The van der Waals surface area contributed by atoms with Crippen molar-refractivity contribution in [3.8, 4) is 22.6 Å². The second-order valence-corrected chi connectivity index (χ2v) is 7.94. The number of benzene rings is 3. The van der Waals surface area contributed by atoms with Crippen molar-refractivity contribution in [1.82, 2.24) is 0 Å². The maximum atomic E-state index is 14.9. The van der Waals surface area contributed by atoms with Gasteiger partial charge in [-0.15, -0.1) is 0 Å². The largest absolute Gasteiger partial charge is 0.423 e. The normalized spacial score (nSPS) is 10.4. The number of aryl methyl sites for hydroxylation is 1. The lowest BCUT2D eigenvalue weighted by molar-refractivity contribution is -0.130. The van der Waals surface area contributed by atoms with E-state index in [-0.39, 0.29) is 5.82 Å². The van der Waals surface area contributed by atoms with E-state index in [1.54, 1.807) is 62.4 Å². The lowest BCUT2D eigenvalue weighted by Crippen LogP contribution is -2.08. The van der Waals surface area contributed by atoms with Gasteiger partial charge in [0.2, 0.25) is 0 Å². The van der Waals surface area contributed by atoms with Gasteiger partial charge >= 0.3 is 11.9 Å². The fourth-order valence-electron chi connectivity index (χ4n) is 3.17. The third-order valence-electron chi connectivity index (χ3n) is 5.00. The molecule has 0 radical (unpaired) electrons. The molecule has 5 heteroatoms. The van der Waals surface area contributed by atoms with E-state index < -0.39 is 11.9 Å². The number of halogens is 1. The second-order valence-electron chi connectivity index (χ2n) is 7.94. The van der Waals surface area contributed by atoms with Crippen LogP contribution in [0.25, 0.3) is 11.1 Å². The van der Waals surface area contributed by atoms with Gasteiger partial charge in [-0.25, -0.2) is 14.0 Å². The lowest BCUT2D eigenvalue weighted by atomic mass is 9.97. The van der Waals surface area contributed by atoms with Crippen LogP contribution < -0.4 is 9.47 Å². The molecular formula is C28H25FO4. The van der Waals surface area contributed by atoms with Crippen LogP contribution in [0.15, 0.2) is 85.0 Å². The smallest absolute Gasteiger partial charge is 0.338 e. The standard InChI is InChI=1S/C28H25FO4/c1-17(2)27(30)32-23-10-6-20(7-11-23)15-22-9-8-21(16-26(22)29)25-13-12-24(14-19(25)5)33-28(31)18(3)4/h6-14,16H,1,3,15H2,2,4-5H3. The first-order valence-corrected chi connectivity index (χ1v) is 10.4. The molecule has 0 amide bonds. The highest BCUT2D eigenvalue weighted by atomic mass is 19.1. The third kappa shape index (κ3) is 6.04. The molecule has 3 aromatic rings. The highest BCUT2D eigenvalue weighted by molar-refractivity contribution is 5.89. The molecular weight excluding hydrogens is 419 g/mol. The van der Waals surface area contributed by atoms with Crippen LogP contribution in [0.2, 0.25) is 0 Å². The van der Waals surface area contributed by atoms with E-state index >= 15 is 0 Å². The zero-order valence-electron chi connectivity index (χ0n) is 18.9. The Morgan fingerprint density at radius 1 is 0.818 bits per heavy atom. The average molecular weight is 445 g/mol. The van der Waals surface area contributed by atoms with Crippen molar-refractivity contribution in [1.29, 1.82) is 0 Å². The molecule has 0 bridgehead atoms. The summed E-state index contributed by atoms with van der Waals surface area (Å²) < 4.78 is 25.3. The molecule has 0 heterocycles. The Morgan fingerprint density at radius 2 is 1.39 bits per heavy atom. The van der Waals surface area contributed by atoms with Crippen molar-refractivity contribution in [2.75, 3.05) is 0 Å². The molecule has 0 saturated carbocycles. The van der Waals surface area contributed by atoms with Crippen molar-refractivity contribution < 1.29 is 23.5 Å². The fraction of sp³-hybridized carbons (Fsp3) is 0.143. The number of hydrogen-bond acceptors (Lipinski definition) is 4. The number of ether oxygens (including phenoxy) is 2. The van der Waals surface area contributed by atoms with Crippen LogP contribution in [0.4, 0.5) is 4.39 Å². The predicted molar refractivity (Wildman–Crippen MR) is 127 cm³/mol. The highest BCUT2D eigenvalue weighted by Crippen LogP contribution is 2.29. The summed E-state index contributed by atoms with van der Waals surface area (Å²) in [7, 11) is 0. The van der Waals surface area contributed by atoms with Crippen molar-refractivity contribution in [3.63, 3.8) is 0 Å². The van der Waals surface area contributed by atoms with Crippen molar-refractivity contribution in [2.45, 2.75) is 27.2 Å². The summed E-state index contributed by atoms with van der Waals surface area (Å²) in [5, 5.41) is 0. The Morgan fingerprint density at radius 3 is 1.94 bits per heavy atom. The van der Waals surface area contributed by atoms with Gasteiger partial charge in [0.05, 0.1) is 0 Å². The maximum absolute atomic E-state index is 14.9. The molecule has 0 saturated heterocycles. The molecule has 0 spiro atoms. The van der Waals surface area contributed by atoms with Crippen LogP contribution in [0.5, 0.6) is 11.5 Å². The van der Waals surface area contributed by atoms with Crippen molar-refractivity contribution in [3.05, 3.63) is 107 Å². The molecule has 0 fully saturated rings. The van der Waals surface area contributed by atoms with Crippen LogP contribution >= 0.6 is 0 Å². The first kappa shape index (κ1) is 23.7. The minimum atomic E-state index is -0.487. The molecule has 168 valence electrons. The van der Waals surface area contributed by atoms with E-state index in [2.05, 4.69) is 13.2 Å². The van der Waals surface area contributed by atoms with E-state index in [9.17, 15) is 14.0 Å². The Hall–Kier alpha value is -3.99. The molecule has 0 aliphatic carbocycles. The summed E-state index contributed by atoms with van der Waals surface area (Å²) in [4.78, 5) is 23.3. The number of carbonyl (C=O) groups is 2. The van der Waals surface area contributed by atoms with Crippen LogP contribution in [-0.4, -0.2) is 11.9 Å². The Bertz CT molecular complexity index is 1240. The SMILES string of the molecule is C=C(C)C(=O)Oc1ccc(Cc2ccc(-c3ccc(OC(=O)C(=C)C)cc3C)cc2F)cc1. The van der Waals surface area contributed by atoms with Crippen LogP contribution in [0, 0.1) is 12.7 Å². The Balaban J connectivity index is 1.74. The van der Waals surface area contributed by atoms with Gasteiger partial charge < -0.3 is 9.47 Å². The second kappa shape index (κ2) is 10.1. The minimum absolute atomic E-state index is 0.317. The van der Waals surface area contributed by atoms with Crippen LogP contribution in [0.3, 0.4) is 0 Å². The zero-order chi connectivity index (χ0) is 24.1. The molecule has 3 aromatic carbocycles. The summed E-state index contributed by atoms with van der Waals surface area (Å²) in [5.74, 6) is -0.460. The van der Waals surface area contributed by atoms with E-state index in [1.807, 2.05) is 13.0 Å². The van der Waals surface area contributed by atoms with E-state index in [0.717, 1.165) is 22.3 Å². The number of carbonyl (C=O) groups excluding carboxylic acids is 2. The molecule has 0 aliphatic heterocycles. The van der Waals surface area contributed by atoms with Crippen LogP contribution in [0.1, 0.15) is 30.5 Å². The van der Waals surface area contributed by atoms with Crippen molar-refractivity contribution in [2.24, 2.45) is 0 Å². The number of esters is 2. The van der Waals surface area contributed by atoms with Gasteiger partial charge in [0.1, 0.15) is 17.3 Å². The maximum Gasteiger partial charge on any atom is 0.338 e. The van der Waals surface area contributed by atoms with Gasteiger partial charge in [0.15, 0.2) is 0 Å². The Labute approximate surface area is 193 Å². The first-order valence-electron chi connectivity index (χ1n) is 10.4. The van der Waals surface area contributed by atoms with Crippen molar-refractivity contribution >= 4 is 11.9 Å². The molecule has 4 nitrogen and oxygen atoms in total. The highest BCUT2D eigenvalue weighted by Gasteiger charge is 2.11. The van der Waals surface area contributed by atoms with E-state index in [1.165, 1.54) is 6.07 Å². The zero-order valence-corrected chi connectivity index (χ0v) is 18.9. The Kier molecular flexibility index (Phi) is 7.23. The van der Waals surface area contributed by atoms with E-state index in [4.69, 9.17) is 9.47 Å². The monoisotopic (exact) mass is 444 g/mol. The number of hydrogen-bond donors (Lipinski definition) is 0. The van der Waals surface area contributed by atoms with Gasteiger partial charge in [0.25, 0.3) is 0 Å². The summed E-state index contributed by atoms with van der Waals surface area (Å²) in [6.45, 7) is 12.2. The van der Waals surface area contributed by atoms with Gasteiger partial charge in [-0.2, -0.15) is 0 Å². The molecule has 0 aliphatic rings. The molecule has 3 rings (SSSR count). The number of rotatable bonds is 7. The molecule has 0 unspecified atom stereocenters. The average Bonchev–Trinajstić information content (AvgIpc) is 2.76. The summed E-state index contributed by atoms with van der Waals surface area (Å²) >= 11 is 0. The summed E-state index contributed by atoms with van der Waals surface area (Å²) in [5.41, 5.74) is 4.50. The predicted octanol–water partition coefficient (Wildman–Crippen LogP) is 6.35.